The Morgan fingerprint density at radius 2 is 1.88 bits per heavy atom. The van der Waals surface area contributed by atoms with Crippen molar-refractivity contribution in [3.8, 4) is 22.8 Å². The van der Waals surface area contributed by atoms with Crippen LogP contribution < -0.4 is 14.8 Å². The van der Waals surface area contributed by atoms with E-state index in [2.05, 4.69) is 54.9 Å². The number of benzene rings is 1. The molecular formula is C31H44N6O4Si. The molecule has 1 aliphatic rings. The van der Waals surface area contributed by atoms with Crippen molar-refractivity contribution in [2.75, 3.05) is 26.1 Å². The zero-order valence-electron chi connectivity index (χ0n) is 26.0. The summed E-state index contributed by atoms with van der Waals surface area (Å²) in [6.45, 7) is 11.9. The normalized spacial score (nSPS) is 19.4. The predicted octanol–water partition coefficient (Wildman–Crippen LogP) is 5.79. The van der Waals surface area contributed by atoms with E-state index in [1.54, 1.807) is 25.2 Å². The molecule has 1 aromatic carbocycles. The third-order valence-electron chi connectivity index (χ3n) is 9.02. The Balaban J connectivity index is 1.52. The summed E-state index contributed by atoms with van der Waals surface area (Å²) in [4.78, 5) is 9.45. The minimum absolute atomic E-state index is 0.00129. The Hall–Kier alpha value is -3.41. The number of nitrogens with zero attached hydrogens (tertiary/aromatic N) is 5. The Bertz CT molecular complexity index is 1540. The van der Waals surface area contributed by atoms with Crippen LogP contribution >= 0.6 is 0 Å². The second kappa shape index (κ2) is 11.7. The molecule has 0 bridgehead atoms. The average Bonchev–Trinajstić information content (AvgIpc) is 3.67. The van der Waals surface area contributed by atoms with E-state index in [-0.39, 0.29) is 29.7 Å². The number of aromatic nitrogens is 5. The molecule has 0 spiro atoms. The molecule has 0 aliphatic heterocycles. The number of methoxy groups -OCH3 is 2. The number of ether oxygens (including phenoxy) is 2. The maximum atomic E-state index is 10.4. The first kappa shape index (κ1) is 30.1. The smallest absolute Gasteiger partial charge is 0.192 e. The van der Waals surface area contributed by atoms with E-state index in [0.29, 0.717) is 6.54 Å². The number of fused-ring (bicyclic) bond motifs is 1. The molecule has 0 amide bonds. The summed E-state index contributed by atoms with van der Waals surface area (Å²) >= 11 is 0. The molecule has 3 atom stereocenters. The highest BCUT2D eigenvalue weighted by Crippen LogP contribution is 2.45. The van der Waals surface area contributed by atoms with E-state index < -0.39 is 8.32 Å². The number of aliphatic hydroxyl groups excluding tert-OH is 1. The number of hydrogen-bond donors (Lipinski definition) is 2. The summed E-state index contributed by atoms with van der Waals surface area (Å²) in [5.41, 5.74) is 3.64. The number of anilines is 1. The minimum atomic E-state index is -2.01. The van der Waals surface area contributed by atoms with Crippen molar-refractivity contribution >= 4 is 25.2 Å². The van der Waals surface area contributed by atoms with Gasteiger partial charge in [-0.2, -0.15) is 5.10 Å². The third-order valence-corrected chi connectivity index (χ3v) is 13.5. The first-order valence-corrected chi connectivity index (χ1v) is 17.5. The van der Waals surface area contributed by atoms with Gasteiger partial charge in [-0.15, -0.1) is 0 Å². The van der Waals surface area contributed by atoms with Crippen LogP contribution in [0.2, 0.25) is 18.1 Å². The zero-order chi connectivity index (χ0) is 30.2. The predicted molar refractivity (Wildman–Crippen MR) is 168 cm³/mol. The molecule has 1 saturated carbocycles. The molecule has 226 valence electrons. The van der Waals surface area contributed by atoms with Crippen molar-refractivity contribution < 1.29 is 19.0 Å². The molecule has 2 N–H and O–H groups in total. The molecule has 3 aromatic heterocycles. The highest BCUT2D eigenvalue weighted by Gasteiger charge is 2.44. The van der Waals surface area contributed by atoms with Crippen LogP contribution in [-0.4, -0.2) is 64.7 Å². The van der Waals surface area contributed by atoms with E-state index in [1.165, 1.54) is 0 Å². The van der Waals surface area contributed by atoms with Crippen LogP contribution in [0.15, 0.2) is 43.0 Å². The molecule has 0 saturated heterocycles. The molecule has 5 rings (SSSR count). The fraction of sp³-hybridized carbons (Fsp3) is 0.516. The van der Waals surface area contributed by atoms with Crippen molar-refractivity contribution in [1.29, 1.82) is 0 Å². The van der Waals surface area contributed by atoms with Crippen LogP contribution in [0.5, 0.6) is 11.5 Å². The standard InChI is InChI=1S/C31H44N6O4Si/c1-31(2,3)42(7,8)41-27-14-22(13-21(27)18-38)37-17-24(25-11-12-36(4)35-25)28-29(33-19-34-30(28)37)32-16-20-9-10-23(39-5)15-26(20)40-6/h9-12,15,17,19,21-22,27,38H,13-14,16,18H2,1-8H3,(H,32,33,34)/t21-,22-,27+/m1/s1. The van der Waals surface area contributed by atoms with Crippen molar-refractivity contribution in [2.45, 2.75) is 70.4 Å². The highest BCUT2D eigenvalue weighted by molar-refractivity contribution is 6.74. The number of rotatable bonds is 10. The van der Waals surface area contributed by atoms with Gasteiger partial charge in [-0.05, 0) is 49.2 Å². The Kier molecular flexibility index (Phi) is 8.37. The van der Waals surface area contributed by atoms with Crippen LogP contribution in [0.3, 0.4) is 0 Å². The topological polar surface area (TPSA) is 108 Å². The lowest BCUT2D eigenvalue weighted by Crippen LogP contribution is -2.45. The van der Waals surface area contributed by atoms with Crippen LogP contribution in [0, 0.1) is 5.92 Å². The lowest BCUT2D eigenvalue weighted by molar-refractivity contribution is 0.0979. The van der Waals surface area contributed by atoms with Crippen LogP contribution in [0.4, 0.5) is 5.82 Å². The van der Waals surface area contributed by atoms with Gasteiger partial charge < -0.3 is 28.9 Å². The number of nitrogens with one attached hydrogen (secondary N) is 1. The molecule has 11 heteroatoms. The van der Waals surface area contributed by atoms with Gasteiger partial charge in [-0.25, -0.2) is 9.97 Å². The number of aryl methyl sites for hydroxylation is 1. The van der Waals surface area contributed by atoms with Gasteiger partial charge in [0, 0.05) is 61.7 Å². The highest BCUT2D eigenvalue weighted by atomic mass is 28.4. The molecule has 0 radical (unpaired) electrons. The zero-order valence-corrected chi connectivity index (χ0v) is 27.0. The van der Waals surface area contributed by atoms with Crippen molar-refractivity contribution in [2.24, 2.45) is 13.0 Å². The molecule has 10 nitrogen and oxygen atoms in total. The summed E-state index contributed by atoms with van der Waals surface area (Å²) in [5.74, 6) is 2.27. The van der Waals surface area contributed by atoms with Crippen LogP contribution in [0.25, 0.3) is 22.3 Å². The largest absolute Gasteiger partial charge is 0.497 e. The van der Waals surface area contributed by atoms with E-state index in [9.17, 15) is 5.11 Å². The number of hydrogen-bond acceptors (Lipinski definition) is 8. The van der Waals surface area contributed by atoms with Crippen molar-refractivity contribution in [1.82, 2.24) is 24.3 Å². The lowest BCUT2D eigenvalue weighted by atomic mass is 10.1. The molecule has 4 aromatic rings. The van der Waals surface area contributed by atoms with Crippen molar-refractivity contribution in [3.63, 3.8) is 0 Å². The molecule has 1 aliphatic carbocycles. The Morgan fingerprint density at radius 1 is 1.10 bits per heavy atom. The molecule has 3 heterocycles. The number of aliphatic hydroxyl groups is 1. The average molecular weight is 593 g/mol. The first-order chi connectivity index (χ1) is 20.0. The van der Waals surface area contributed by atoms with E-state index in [1.807, 2.05) is 37.5 Å². The Labute approximate surface area is 249 Å². The molecular weight excluding hydrogens is 548 g/mol. The second-order valence-corrected chi connectivity index (χ2v) is 17.5. The van der Waals surface area contributed by atoms with Crippen LogP contribution in [-0.2, 0) is 18.0 Å². The fourth-order valence-corrected chi connectivity index (χ4v) is 7.00. The van der Waals surface area contributed by atoms with Gasteiger partial charge in [0.05, 0.1) is 31.4 Å². The monoisotopic (exact) mass is 592 g/mol. The summed E-state index contributed by atoms with van der Waals surface area (Å²) in [6.07, 6.45) is 7.33. The van der Waals surface area contributed by atoms with Gasteiger partial charge in [0.2, 0.25) is 0 Å². The van der Waals surface area contributed by atoms with Gasteiger partial charge in [0.15, 0.2) is 8.32 Å². The van der Waals surface area contributed by atoms with Gasteiger partial charge in [-0.1, -0.05) is 20.8 Å². The van der Waals surface area contributed by atoms with E-state index in [0.717, 1.165) is 58.0 Å². The van der Waals surface area contributed by atoms with Gasteiger partial charge in [0.1, 0.15) is 29.3 Å². The summed E-state index contributed by atoms with van der Waals surface area (Å²) < 4.78 is 21.9. The maximum absolute atomic E-state index is 10.4. The maximum Gasteiger partial charge on any atom is 0.192 e. The second-order valence-electron chi connectivity index (χ2n) is 12.8. The first-order valence-electron chi connectivity index (χ1n) is 14.5. The third kappa shape index (κ3) is 5.77. The summed E-state index contributed by atoms with van der Waals surface area (Å²) in [5, 5.41) is 19.6. The summed E-state index contributed by atoms with van der Waals surface area (Å²) in [7, 11) is 3.21. The van der Waals surface area contributed by atoms with Gasteiger partial charge in [0.25, 0.3) is 0 Å². The van der Waals surface area contributed by atoms with Crippen molar-refractivity contribution in [3.05, 3.63) is 48.5 Å². The fourth-order valence-electron chi connectivity index (χ4n) is 5.60. The quantitative estimate of drug-likeness (QED) is 0.223. The van der Waals surface area contributed by atoms with E-state index >= 15 is 0 Å². The molecule has 42 heavy (non-hydrogen) atoms. The minimum Gasteiger partial charge on any atom is -0.497 e. The van der Waals surface area contributed by atoms with Gasteiger partial charge >= 0.3 is 0 Å². The van der Waals surface area contributed by atoms with Gasteiger partial charge in [-0.3, -0.25) is 4.68 Å². The van der Waals surface area contributed by atoms with Crippen LogP contribution in [0.1, 0.15) is 45.2 Å². The lowest BCUT2D eigenvalue weighted by Gasteiger charge is -2.39. The van der Waals surface area contributed by atoms with E-state index in [4.69, 9.17) is 24.0 Å². The molecule has 1 fully saturated rings. The summed E-state index contributed by atoms with van der Waals surface area (Å²) in [6, 6.07) is 7.93. The SMILES string of the molecule is COc1ccc(CNc2ncnc3c2c(-c2ccn(C)n2)cn3[C@@H]2C[C@H](CO)[C@@H](O[Si](C)(C)C(C)(C)C)C2)c(OC)c1. The Morgan fingerprint density at radius 3 is 2.52 bits per heavy atom. The molecule has 0 unspecified atom stereocenters.